The SMILES string of the molecule is COc1cc2nc(NC3CCN(C(=O)C4CCCCC4)CC3)nc(N)c2cc1OC. The van der Waals surface area contributed by atoms with Crippen molar-refractivity contribution in [2.75, 3.05) is 38.4 Å². The third kappa shape index (κ3) is 4.22. The van der Waals surface area contributed by atoms with Gasteiger partial charge in [0.15, 0.2) is 11.5 Å². The molecule has 4 rings (SSSR count). The van der Waals surface area contributed by atoms with E-state index in [0.29, 0.717) is 34.7 Å². The molecule has 1 aromatic carbocycles. The van der Waals surface area contributed by atoms with Gasteiger partial charge in [0.25, 0.3) is 0 Å². The number of ether oxygens (including phenoxy) is 2. The van der Waals surface area contributed by atoms with Crippen molar-refractivity contribution >= 4 is 28.6 Å². The summed E-state index contributed by atoms with van der Waals surface area (Å²) in [7, 11) is 3.18. The van der Waals surface area contributed by atoms with Gasteiger partial charge in [-0.1, -0.05) is 19.3 Å². The van der Waals surface area contributed by atoms with Gasteiger partial charge in [0.05, 0.1) is 19.7 Å². The molecule has 2 aromatic rings. The topological polar surface area (TPSA) is 103 Å². The smallest absolute Gasteiger partial charge is 0.225 e. The number of nitrogens with two attached hydrogens (primary N) is 1. The maximum atomic E-state index is 12.8. The van der Waals surface area contributed by atoms with Gasteiger partial charge in [0.2, 0.25) is 11.9 Å². The van der Waals surface area contributed by atoms with E-state index in [-0.39, 0.29) is 12.0 Å². The molecule has 8 heteroatoms. The molecule has 1 amide bonds. The number of nitrogens with zero attached hydrogens (tertiary/aromatic N) is 3. The van der Waals surface area contributed by atoms with Crippen molar-refractivity contribution in [3.05, 3.63) is 12.1 Å². The highest BCUT2D eigenvalue weighted by atomic mass is 16.5. The fraction of sp³-hybridized carbons (Fsp3) is 0.591. The van der Waals surface area contributed by atoms with Gasteiger partial charge in [-0.3, -0.25) is 4.79 Å². The Kier molecular flexibility index (Phi) is 6.11. The van der Waals surface area contributed by atoms with E-state index in [4.69, 9.17) is 15.2 Å². The molecule has 2 aliphatic rings. The van der Waals surface area contributed by atoms with Crippen molar-refractivity contribution in [1.29, 1.82) is 0 Å². The second-order valence-corrected chi connectivity index (χ2v) is 8.24. The zero-order chi connectivity index (χ0) is 21.1. The Morgan fingerprint density at radius 3 is 2.37 bits per heavy atom. The molecule has 162 valence electrons. The summed E-state index contributed by atoms with van der Waals surface area (Å²) in [6.45, 7) is 1.56. The predicted octanol–water partition coefficient (Wildman–Crippen LogP) is 3.21. The molecule has 1 saturated heterocycles. The zero-order valence-electron chi connectivity index (χ0n) is 17.8. The van der Waals surface area contributed by atoms with Crippen LogP contribution in [0.25, 0.3) is 10.9 Å². The maximum Gasteiger partial charge on any atom is 0.225 e. The summed E-state index contributed by atoms with van der Waals surface area (Å²) in [5, 5.41) is 4.13. The number of amides is 1. The van der Waals surface area contributed by atoms with Crippen molar-refractivity contribution in [1.82, 2.24) is 14.9 Å². The molecule has 3 N–H and O–H groups in total. The number of carbonyl (C=O) groups is 1. The quantitative estimate of drug-likeness (QED) is 0.776. The molecular formula is C22H31N5O3. The van der Waals surface area contributed by atoms with Gasteiger partial charge in [0, 0.05) is 36.5 Å². The number of benzene rings is 1. The largest absolute Gasteiger partial charge is 0.493 e. The standard InChI is InChI=1S/C22H31N5O3/c1-29-18-12-16-17(13-19(18)30-2)25-22(26-20(16)23)24-15-8-10-27(11-9-15)21(28)14-6-4-3-5-7-14/h12-15H,3-11H2,1-2H3,(H3,23,24,25,26). The van der Waals surface area contributed by atoms with Crippen LogP contribution in [0.15, 0.2) is 12.1 Å². The molecule has 0 radical (unpaired) electrons. The average Bonchev–Trinajstić information content (AvgIpc) is 2.79. The van der Waals surface area contributed by atoms with Crippen molar-refractivity contribution in [2.24, 2.45) is 5.92 Å². The van der Waals surface area contributed by atoms with E-state index in [1.54, 1.807) is 20.3 Å². The van der Waals surface area contributed by atoms with E-state index in [0.717, 1.165) is 44.2 Å². The molecule has 2 heterocycles. The molecular weight excluding hydrogens is 382 g/mol. The highest BCUT2D eigenvalue weighted by Gasteiger charge is 2.29. The molecule has 2 fully saturated rings. The van der Waals surface area contributed by atoms with Crippen LogP contribution in [0.4, 0.5) is 11.8 Å². The van der Waals surface area contributed by atoms with Crippen LogP contribution in [0.3, 0.4) is 0 Å². The highest BCUT2D eigenvalue weighted by molar-refractivity contribution is 5.91. The number of likely N-dealkylation sites (tertiary alicyclic amines) is 1. The lowest BCUT2D eigenvalue weighted by Gasteiger charge is -2.35. The summed E-state index contributed by atoms with van der Waals surface area (Å²) >= 11 is 0. The Labute approximate surface area is 177 Å². The van der Waals surface area contributed by atoms with E-state index < -0.39 is 0 Å². The molecule has 30 heavy (non-hydrogen) atoms. The molecule has 0 spiro atoms. The Hall–Kier alpha value is -2.77. The second kappa shape index (κ2) is 8.93. The van der Waals surface area contributed by atoms with Crippen molar-refractivity contribution < 1.29 is 14.3 Å². The van der Waals surface area contributed by atoms with Crippen LogP contribution in [0.5, 0.6) is 11.5 Å². The number of aromatic nitrogens is 2. The van der Waals surface area contributed by atoms with Crippen LogP contribution in [-0.2, 0) is 4.79 Å². The lowest BCUT2D eigenvalue weighted by Crippen LogP contribution is -2.45. The van der Waals surface area contributed by atoms with Crippen LogP contribution in [0, 0.1) is 5.92 Å². The molecule has 1 aliphatic heterocycles. The number of methoxy groups -OCH3 is 2. The van der Waals surface area contributed by atoms with Gasteiger partial charge in [-0.25, -0.2) is 4.98 Å². The molecule has 1 aromatic heterocycles. The summed E-state index contributed by atoms with van der Waals surface area (Å²) in [5.74, 6) is 2.68. The minimum absolute atomic E-state index is 0.220. The Balaban J connectivity index is 1.41. The van der Waals surface area contributed by atoms with Gasteiger partial charge in [-0.15, -0.1) is 0 Å². The number of carbonyl (C=O) groups excluding carboxylic acids is 1. The van der Waals surface area contributed by atoms with Gasteiger partial charge >= 0.3 is 0 Å². The molecule has 1 aliphatic carbocycles. The minimum atomic E-state index is 0.220. The molecule has 0 bridgehead atoms. The Bertz CT molecular complexity index is 905. The lowest BCUT2D eigenvalue weighted by atomic mass is 9.87. The van der Waals surface area contributed by atoms with Gasteiger partial charge < -0.3 is 25.4 Å². The number of fused-ring (bicyclic) bond motifs is 1. The number of rotatable bonds is 5. The van der Waals surface area contributed by atoms with Crippen molar-refractivity contribution in [3.8, 4) is 11.5 Å². The van der Waals surface area contributed by atoms with E-state index in [9.17, 15) is 4.79 Å². The number of nitrogen functional groups attached to an aromatic ring is 1. The second-order valence-electron chi connectivity index (χ2n) is 8.24. The average molecular weight is 414 g/mol. The molecule has 1 saturated carbocycles. The minimum Gasteiger partial charge on any atom is -0.493 e. The maximum absolute atomic E-state index is 12.8. The first-order valence-electron chi connectivity index (χ1n) is 10.8. The third-order valence-electron chi connectivity index (χ3n) is 6.32. The summed E-state index contributed by atoms with van der Waals surface area (Å²) in [5.41, 5.74) is 6.88. The number of hydrogen-bond donors (Lipinski definition) is 2. The van der Waals surface area contributed by atoms with Crippen LogP contribution in [0.2, 0.25) is 0 Å². The summed E-state index contributed by atoms with van der Waals surface area (Å²) in [6.07, 6.45) is 7.50. The van der Waals surface area contributed by atoms with Crippen molar-refractivity contribution in [3.63, 3.8) is 0 Å². The number of nitrogens with one attached hydrogen (secondary N) is 1. The summed E-state index contributed by atoms with van der Waals surface area (Å²) < 4.78 is 10.7. The summed E-state index contributed by atoms with van der Waals surface area (Å²) in [6, 6.07) is 3.82. The first-order chi connectivity index (χ1) is 14.6. The van der Waals surface area contributed by atoms with Gasteiger partial charge in [-0.2, -0.15) is 4.98 Å². The number of anilines is 2. The fourth-order valence-corrected chi connectivity index (χ4v) is 4.58. The molecule has 8 nitrogen and oxygen atoms in total. The lowest BCUT2D eigenvalue weighted by molar-refractivity contribution is -0.137. The third-order valence-corrected chi connectivity index (χ3v) is 6.32. The van der Waals surface area contributed by atoms with Crippen molar-refractivity contribution in [2.45, 2.75) is 51.0 Å². The number of hydrogen-bond acceptors (Lipinski definition) is 7. The van der Waals surface area contributed by atoms with Crippen LogP contribution in [-0.4, -0.2) is 54.1 Å². The Morgan fingerprint density at radius 2 is 1.70 bits per heavy atom. The highest BCUT2D eigenvalue weighted by Crippen LogP contribution is 2.34. The van der Waals surface area contributed by atoms with E-state index in [1.807, 2.05) is 11.0 Å². The van der Waals surface area contributed by atoms with Crippen LogP contribution < -0.4 is 20.5 Å². The first kappa shape index (κ1) is 20.5. The normalized spacial score (nSPS) is 18.4. The van der Waals surface area contributed by atoms with E-state index in [2.05, 4.69) is 15.3 Å². The monoisotopic (exact) mass is 413 g/mol. The Morgan fingerprint density at radius 1 is 1.03 bits per heavy atom. The van der Waals surface area contributed by atoms with Crippen LogP contribution in [0.1, 0.15) is 44.9 Å². The van der Waals surface area contributed by atoms with E-state index in [1.165, 1.54) is 19.3 Å². The molecule has 0 atom stereocenters. The van der Waals surface area contributed by atoms with E-state index >= 15 is 0 Å². The fourth-order valence-electron chi connectivity index (χ4n) is 4.58. The summed E-state index contributed by atoms with van der Waals surface area (Å²) in [4.78, 5) is 23.9. The predicted molar refractivity (Wildman–Crippen MR) is 117 cm³/mol. The zero-order valence-corrected chi connectivity index (χ0v) is 17.8. The van der Waals surface area contributed by atoms with Crippen LogP contribution >= 0.6 is 0 Å². The van der Waals surface area contributed by atoms with Gasteiger partial charge in [-0.05, 0) is 31.7 Å². The van der Waals surface area contributed by atoms with Gasteiger partial charge in [0.1, 0.15) is 5.82 Å². The first-order valence-corrected chi connectivity index (χ1v) is 10.8. The number of piperidine rings is 1. The molecule has 0 unspecified atom stereocenters.